The first kappa shape index (κ1) is 33.1. The van der Waals surface area contributed by atoms with Crippen molar-refractivity contribution in [3.05, 3.63) is 168 Å². The molecule has 7 aromatic carbocycles. The van der Waals surface area contributed by atoms with Gasteiger partial charge in [-0.2, -0.15) is 0 Å². The summed E-state index contributed by atoms with van der Waals surface area (Å²) in [5.74, 6) is 1.45. The Labute approximate surface area is 418 Å². The average Bonchev–Trinajstić information content (AvgIpc) is 2.50. The van der Waals surface area contributed by atoms with Gasteiger partial charge in [0.25, 0.3) is 0 Å². The van der Waals surface area contributed by atoms with Crippen molar-refractivity contribution in [3.63, 3.8) is 0 Å². The molecule has 344 valence electrons. The van der Waals surface area contributed by atoms with Gasteiger partial charge in [-0.1, -0.05) is 111 Å². The Morgan fingerprint density at radius 3 is 1.75 bits per heavy atom. The second-order valence-electron chi connectivity index (χ2n) is 21.6. The number of aryl methyl sites for hydroxylation is 2. The predicted octanol–water partition coefficient (Wildman–Crippen LogP) is 16.4. The molecule has 5 heterocycles. The van der Waals surface area contributed by atoms with Gasteiger partial charge in [0, 0.05) is 89.5 Å². The van der Waals surface area contributed by atoms with Crippen LogP contribution in [0.3, 0.4) is 0 Å². The third-order valence-corrected chi connectivity index (χ3v) is 14.1. The maximum Gasteiger partial charge on any atom is 0.137 e. The standard InChI is InChI=1S/C62H60N6O/c1-60(2,3)38-23-27-50-46(31-38)48-36-49-47-32-39(61(4,5)6)24-28-51(47)65(11)58(49)59(57(48)64(50)10)67-37-66(53-21-14-15-22-54(53)67)41-17-16-18-42(34-41)69-43-25-26-45-44-19-12-13-20-52(44)68(55(45)35-43)56-33-40(29-30-63-56)62(7,8)9/h12-36H,37H2,1-11H3/i10D3,11D3,12D,13D,19D,20D. The zero-order valence-corrected chi connectivity index (χ0v) is 40.4. The second-order valence-corrected chi connectivity index (χ2v) is 21.6. The van der Waals surface area contributed by atoms with Crippen LogP contribution in [0.5, 0.6) is 11.5 Å². The number of fused-ring (bicyclic) bond motifs is 10. The van der Waals surface area contributed by atoms with E-state index in [1.807, 2.05) is 103 Å². The first-order chi connectivity index (χ1) is 37.0. The topological polar surface area (TPSA) is 43.4 Å². The Bertz CT molecular complexity index is 4250. The summed E-state index contributed by atoms with van der Waals surface area (Å²) in [7, 11) is 0. The summed E-state index contributed by atoms with van der Waals surface area (Å²) in [6.07, 6.45) is 1.72. The van der Waals surface area contributed by atoms with Crippen LogP contribution < -0.4 is 14.5 Å². The fourth-order valence-corrected chi connectivity index (χ4v) is 10.3. The second kappa shape index (κ2) is 15.0. The highest BCUT2D eigenvalue weighted by atomic mass is 16.5. The largest absolute Gasteiger partial charge is 0.457 e. The van der Waals surface area contributed by atoms with Crippen LogP contribution in [0.4, 0.5) is 22.7 Å². The molecular weight excluding hydrogens is 845 g/mol. The van der Waals surface area contributed by atoms with Crippen molar-refractivity contribution in [2.75, 3.05) is 16.5 Å². The van der Waals surface area contributed by atoms with Gasteiger partial charge in [-0.3, -0.25) is 4.57 Å². The van der Waals surface area contributed by atoms with Crippen molar-refractivity contribution >= 4 is 88.2 Å². The van der Waals surface area contributed by atoms with E-state index >= 15 is 0 Å². The number of ether oxygens (including phenoxy) is 1. The van der Waals surface area contributed by atoms with Gasteiger partial charge in [0.15, 0.2) is 0 Å². The highest BCUT2D eigenvalue weighted by molar-refractivity contribution is 6.25. The van der Waals surface area contributed by atoms with Crippen LogP contribution in [0.25, 0.3) is 71.2 Å². The monoisotopic (exact) mass is 915 g/mol. The maximum atomic E-state index is 9.22. The molecule has 4 aromatic heterocycles. The Hall–Kier alpha value is -7.51. The normalized spacial score (nSPS) is 16.1. The van der Waals surface area contributed by atoms with Crippen molar-refractivity contribution in [1.82, 2.24) is 18.7 Å². The molecule has 69 heavy (non-hydrogen) atoms. The Morgan fingerprint density at radius 2 is 1.12 bits per heavy atom. The smallest absolute Gasteiger partial charge is 0.137 e. The minimum Gasteiger partial charge on any atom is -0.457 e. The Balaban J connectivity index is 1.05. The third-order valence-electron chi connectivity index (χ3n) is 14.1. The van der Waals surface area contributed by atoms with Crippen LogP contribution in [0.2, 0.25) is 0 Å². The van der Waals surface area contributed by atoms with Crippen LogP contribution in [-0.2, 0) is 30.2 Å². The average molecular weight is 915 g/mol. The quantitative estimate of drug-likeness (QED) is 0.173. The van der Waals surface area contributed by atoms with E-state index in [0.717, 1.165) is 44.5 Å². The fraction of sp³-hybridized carbons (Fsp3) is 0.242. The molecule has 1 aliphatic heterocycles. The molecule has 0 bridgehead atoms. The summed E-state index contributed by atoms with van der Waals surface area (Å²) in [5.41, 5.74) is 7.79. The third kappa shape index (κ3) is 6.72. The van der Waals surface area contributed by atoms with E-state index in [0.29, 0.717) is 77.6 Å². The lowest BCUT2D eigenvalue weighted by atomic mass is 9.86. The number of rotatable bonds is 5. The number of nitrogens with zero attached hydrogens (tertiary/aromatic N) is 6. The summed E-state index contributed by atoms with van der Waals surface area (Å²) < 4.78 is 102. The highest BCUT2D eigenvalue weighted by Gasteiger charge is 2.34. The molecule has 0 N–H and O–H groups in total. The van der Waals surface area contributed by atoms with E-state index in [1.54, 1.807) is 16.8 Å². The van der Waals surface area contributed by atoms with Crippen molar-refractivity contribution in [3.8, 4) is 17.3 Å². The number of hydrogen-bond acceptors (Lipinski definition) is 4. The summed E-state index contributed by atoms with van der Waals surface area (Å²) >= 11 is 0. The molecule has 0 atom stereocenters. The Kier molecular flexibility index (Phi) is 7.19. The van der Waals surface area contributed by atoms with Crippen LogP contribution in [0.1, 0.15) is 92.7 Å². The minimum atomic E-state index is -2.68. The van der Waals surface area contributed by atoms with Gasteiger partial charge in [-0.05, 0) is 118 Å². The van der Waals surface area contributed by atoms with Gasteiger partial charge in [0.05, 0.1) is 44.6 Å². The van der Waals surface area contributed by atoms with Crippen LogP contribution >= 0.6 is 0 Å². The highest BCUT2D eigenvalue weighted by Crippen LogP contribution is 2.52. The number of aromatic nitrogens is 4. The molecule has 11 aromatic rings. The van der Waals surface area contributed by atoms with Gasteiger partial charge in [0.2, 0.25) is 0 Å². The maximum absolute atomic E-state index is 9.22. The lowest BCUT2D eigenvalue weighted by Crippen LogP contribution is -2.25. The van der Waals surface area contributed by atoms with Gasteiger partial charge in [-0.25, -0.2) is 4.98 Å². The number of benzene rings is 7. The molecule has 0 spiro atoms. The zero-order valence-electron chi connectivity index (χ0n) is 50.4. The lowest BCUT2D eigenvalue weighted by Gasteiger charge is -2.25. The van der Waals surface area contributed by atoms with E-state index in [1.165, 1.54) is 9.13 Å². The lowest BCUT2D eigenvalue weighted by molar-refractivity contribution is 0.483. The molecule has 0 amide bonds. The SMILES string of the molecule is [2H]c1c([2H])c([2H])c2c(c1[2H])c1ccc(Oc3cccc(N4CN(c5c6c(cc7c8cc(C(C)(C)C)ccc8n(C([2H])([2H])[2H])c57)c5cc(C(C)(C)C)ccc5n6C([2H])([2H])[2H])c5ccccc54)c3)cc1n2-c1cc(C(C)(C)C)ccn1. The predicted molar refractivity (Wildman–Crippen MR) is 291 cm³/mol. The number of hydrogen-bond donors (Lipinski definition) is 0. The van der Waals surface area contributed by atoms with Crippen molar-refractivity contribution < 1.29 is 18.4 Å². The van der Waals surface area contributed by atoms with Crippen molar-refractivity contribution in [2.45, 2.75) is 78.6 Å². The zero-order chi connectivity index (χ0) is 56.4. The molecule has 7 nitrogen and oxygen atoms in total. The molecule has 0 aliphatic carbocycles. The van der Waals surface area contributed by atoms with Crippen molar-refractivity contribution in [2.24, 2.45) is 14.0 Å². The minimum absolute atomic E-state index is 0.144. The number of anilines is 4. The number of para-hydroxylation sites is 3. The molecule has 7 heteroatoms. The van der Waals surface area contributed by atoms with E-state index in [9.17, 15) is 8.22 Å². The summed E-state index contributed by atoms with van der Waals surface area (Å²) in [6.45, 7) is 13.9. The molecule has 0 saturated carbocycles. The summed E-state index contributed by atoms with van der Waals surface area (Å²) in [5, 5.41) is 3.91. The first-order valence-electron chi connectivity index (χ1n) is 28.6. The van der Waals surface area contributed by atoms with Gasteiger partial charge >= 0.3 is 0 Å². The van der Waals surface area contributed by atoms with Crippen LogP contribution in [0, 0.1) is 0 Å². The van der Waals surface area contributed by atoms with E-state index < -0.39 is 14.0 Å². The molecule has 1 aliphatic rings. The van der Waals surface area contributed by atoms with E-state index in [-0.39, 0.29) is 47.1 Å². The first-order valence-corrected chi connectivity index (χ1v) is 23.6. The van der Waals surface area contributed by atoms with Gasteiger partial charge in [0.1, 0.15) is 24.0 Å². The van der Waals surface area contributed by atoms with Gasteiger partial charge in [-0.15, -0.1) is 0 Å². The van der Waals surface area contributed by atoms with E-state index in [4.69, 9.17) is 15.2 Å². The van der Waals surface area contributed by atoms with E-state index in [2.05, 4.69) is 84.2 Å². The molecule has 0 radical (unpaired) electrons. The summed E-state index contributed by atoms with van der Waals surface area (Å²) in [4.78, 5) is 8.93. The van der Waals surface area contributed by atoms with Crippen LogP contribution in [-0.4, -0.2) is 25.4 Å². The summed E-state index contributed by atoms with van der Waals surface area (Å²) in [6, 6.07) is 37.8. The molecule has 0 unspecified atom stereocenters. The molecule has 0 saturated heterocycles. The Morgan fingerprint density at radius 1 is 0.507 bits per heavy atom. The fourth-order valence-electron chi connectivity index (χ4n) is 10.3. The molecule has 12 rings (SSSR count). The van der Waals surface area contributed by atoms with Crippen LogP contribution in [0.15, 0.2) is 152 Å². The molecule has 0 fully saturated rings. The van der Waals surface area contributed by atoms with Crippen molar-refractivity contribution in [1.29, 1.82) is 0 Å². The van der Waals surface area contributed by atoms with Gasteiger partial charge < -0.3 is 23.7 Å². The molecular formula is C62H60N6O. The number of pyridine rings is 1.